The number of nitrogens with one attached hydrogen (secondary N) is 2. The van der Waals surface area contributed by atoms with E-state index in [0.29, 0.717) is 24.9 Å². The predicted molar refractivity (Wildman–Crippen MR) is 119 cm³/mol. The third kappa shape index (κ3) is 7.06. The van der Waals surface area contributed by atoms with Gasteiger partial charge in [-0.15, -0.1) is 24.0 Å². The minimum Gasteiger partial charge on any atom is -0.494 e. The van der Waals surface area contributed by atoms with Crippen LogP contribution in [0.2, 0.25) is 0 Å². The smallest absolute Gasteiger partial charge is 0.191 e. The molecule has 2 aromatic rings. The summed E-state index contributed by atoms with van der Waals surface area (Å²) < 4.78 is 11.2. The molecule has 2 rings (SSSR count). The zero-order valence-corrected chi connectivity index (χ0v) is 18.7. The topological polar surface area (TPSA) is 79.0 Å². The summed E-state index contributed by atoms with van der Waals surface area (Å²) in [6, 6.07) is 11.5. The quantitative estimate of drug-likeness (QED) is 0.302. The molecular weight excluding hydrogens is 457 g/mol. The molecule has 3 N–H and O–H groups in total. The fourth-order valence-corrected chi connectivity index (χ4v) is 2.50. The molecule has 0 fully saturated rings. The minimum atomic E-state index is -1.13. The highest BCUT2D eigenvalue weighted by molar-refractivity contribution is 14.0. The normalized spacial score (nSPS) is 13.4. The molecule has 6 nitrogen and oxygen atoms in total. The minimum absolute atomic E-state index is 0. The highest BCUT2D eigenvalue weighted by Crippen LogP contribution is 2.22. The average Bonchev–Trinajstić information content (AvgIpc) is 3.06. The van der Waals surface area contributed by atoms with Crippen LogP contribution >= 0.6 is 24.0 Å². The van der Waals surface area contributed by atoms with Crippen LogP contribution in [-0.4, -0.2) is 30.8 Å². The van der Waals surface area contributed by atoms with Gasteiger partial charge in [-0.25, -0.2) is 4.99 Å². The van der Waals surface area contributed by atoms with Gasteiger partial charge >= 0.3 is 0 Å². The van der Waals surface area contributed by atoms with Crippen molar-refractivity contribution in [1.82, 2.24) is 10.6 Å². The molecule has 0 amide bonds. The zero-order valence-electron chi connectivity index (χ0n) is 16.4. The summed E-state index contributed by atoms with van der Waals surface area (Å²) in [4.78, 5) is 4.60. The molecule has 0 saturated carbocycles. The largest absolute Gasteiger partial charge is 0.494 e. The van der Waals surface area contributed by atoms with Crippen molar-refractivity contribution in [1.29, 1.82) is 0 Å². The van der Waals surface area contributed by atoms with Gasteiger partial charge in [0.15, 0.2) is 5.96 Å². The van der Waals surface area contributed by atoms with Crippen molar-refractivity contribution >= 4 is 29.9 Å². The Morgan fingerprint density at radius 2 is 1.93 bits per heavy atom. The molecule has 0 bridgehead atoms. The van der Waals surface area contributed by atoms with Crippen LogP contribution in [0.15, 0.2) is 45.8 Å². The number of aryl methyl sites for hydroxylation is 1. The fraction of sp³-hybridized carbons (Fsp3) is 0.450. The lowest BCUT2D eigenvalue weighted by molar-refractivity contribution is 0.0378. The van der Waals surface area contributed by atoms with E-state index in [1.807, 2.05) is 51.1 Å². The Balaban J connectivity index is 0.00000364. The van der Waals surface area contributed by atoms with Crippen LogP contribution < -0.4 is 15.4 Å². The number of halogens is 1. The Hall–Kier alpha value is -1.74. The van der Waals surface area contributed by atoms with E-state index in [-0.39, 0.29) is 30.5 Å². The number of rotatable bonds is 8. The second-order valence-corrected chi connectivity index (χ2v) is 6.27. The lowest BCUT2D eigenvalue weighted by atomic mass is 10.0. The monoisotopic (exact) mass is 487 g/mol. The van der Waals surface area contributed by atoms with Crippen molar-refractivity contribution in [3.63, 3.8) is 0 Å². The first-order valence-electron chi connectivity index (χ1n) is 8.98. The molecule has 1 unspecified atom stereocenters. The summed E-state index contributed by atoms with van der Waals surface area (Å²) in [5.74, 6) is 2.77. The summed E-state index contributed by atoms with van der Waals surface area (Å²) >= 11 is 0. The number of aliphatic hydroxyl groups is 1. The molecule has 150 valence electrons. The summed E-state index contributed by atoms with van der Waals surface area (Å²) in [5.41, 5.74) is -0.117. The lowest BCUT2D eigenvalue weighted by Crippen LogP contribution is -2.44. The average molecular weight is 487 g/mol. The first-order chi connectivity index (χ1) is 12.5. The summed E-state index contributed by atoms with van der Waals surface area (Å²) in [7, 11) is 0. The molecule has 0 radical (unpaired) electrons. The molecule has 0 aliphatic carbocycles. The van der Waals surface area contributed by atoms with E-state index < -0.39 is 5.60 Å². The Kier molecular flexibility index (Phi) is 9.65. The Labute approximate surface area is 178 Å². The van der Waals surface area contributed by atoms with Gasteiger partial charge in [0.1, 0.15) is 22.9 Å². The van der Waals surface area contributed by atoms with Gasteiger partial charge in [-0.1, -0.05) is 18.2 Å². The number of benzene rings is 1. The maximum absolute atomic E-state index is 10.7. The Morgan fingerprint density at radius 3 is 2.56 bits per heavy atom. The van der Waals surface area contributed by atoms with Crippen LogP contribution in [0.3, 0.4) is 0 Å². The van der Waals surface area contributed by atoms with Crippen LogP contribution in [0.5, 0.6) is 5.75 Å². The van der Waals surface area contributed by atoms with E-state index in [2.05, 4.69) is 15.6 Å². The molecule has 0 saturated heterocycles. The SMILES string of the molecule is CCNC(=NCc1ccccc1OCC)NCC(C)(O)c1ccc(C)o1.I. The van der Waals surface area contributed by atoms with Crippen molar-refractivity contribution in [2.24, 2.45) is 4.99 Å². The van der Waals surface area contributed by atoms with Gasteiger partial charge in [0.25, 0.3) is 0 Å². The van der Waals surface area contributed by atoms with Crippen molar-refractivity contribution in [3.05, 3.63) is 53.5 Å². The molecule has 27 heavy (non-hydrogen) atoms. The molecule has 1 aromatic carbocycles. The van der Waals surface area contributed by atoms with Crippen molar-refractivity contribution in [2.45, 2.75) is 39.8 Å². The first-order valence-corrected chi connectivity index (χ1v) is 8.98. The van der Waals surface area contributed by atoms with Crippen LogP contribution in [0, 0.1) is 6.92 Å². The van der Waals surface area contributed by atoms with E-state index in [4.69, 9.17) is 9.15 Å². The van der Waals surface area contributed by atoms with Gasteiger partial charge in [0.2, 0.25) is 0 Å². The molecule has 7 heteroatoms. The maximum Gasteiger partial charge on any atom is 0.191 e. The molecule has 1 heterocycles. The number of hydrogen-bond donors (Lipinski definition) is 3. The van der Waals surface area contributed by atoms with Gasteiger partial charge in [0.05, 0.1) is 19.7 Å². The Morgan fingerprint density at radius 1 is 1.19 bits per heavy atom. The second kappa shape index (κ2) is 11.2. The summed E-state index contributed by atoms with van der Waals surface area (Å²) in [5, 5.41) is 17.0. The molecule has 0 spiro atoms. The lowest BCUT2D eigenvalue weighted by Gasteiger charge is -2.23. The number of aliphatic imine (C=N–C) groups is 1. The fourth-order valence-electron chi connectivity index (χ4n) is 2.50. The van der Waals surface area contributed by atoms with Crippen LogP contribution in [0.1, 0.15) is 37.9 Å². The number of nitrogens with zero attached hydrogens (tertiary/aromatic N) is 1. The molecule has 1 atom stereocenters. The third-order valence-corrected chi connectivity index (χ3v) is 3.90. The van der Waals surface area contributed by atoms with Gasteiger partial charge in [0, 0.05) is 12.1 Å². The summed E-state index contributed by atoms with van der Waals surface area (Å²) in [6.07, 6.45) is 0. The van der Waals surface area contributed by atoms with Gasteiger partial charge < -0.3 is 24.9 Å². The highest BCUT2D eigenvalue weighted by Gasteiger charge is 2.27. The van der Waals surface area contributed by atoms with Crippen LogP contribution in [0.25, 0.3) is 0 Å². The van der Waals surface area contributed by atoms with E-state index >= 15 is 0 Å². The van der Waals surface area contributed by atoms with E-state index in [0.717, 1.165) is 23.6 Å². The molecule has 1 aromatic heterocycles. The van der Waals surface area contributed by atoms with E-state index in [1.54, 1.807) is 13.0 Å². The maximum atomic E-state index is 10.7. The number of furan rings is 1. The van der Waals surface area contributed by atoms with Crippen LogP contribution in [-0.2, 0) is 12.1 Å². The van der Waals surface area contributed by atoms with Crippen molar-refractivity contribution in [3.8, 4) is 5.75 Å². The van der Waals surface area contributed by atoms with Gasteiger partial charge in [-0.05, 0) is 45.9 Å². The number of guanidine groups is 1. The standard InChI is InChI=1S/C20H29N3O3.HI/c1-5-21-19(22-13-16-9-7-8-10-17(16)25-6-2)23-14-20(4,24)18-12-11-15(3)26-18;/h7-12,24H,5-6,13-14H2,1-4H3,(H2,21,22,23);1H. The molecule has 0 aliphatic rings. The van der Waals surface area contributed by atoms with Gasteiger partial charge in [-0.3, -0.25) is 0 Å². The van der Waals surface area contributed by atoms with Crippen molar-refractivity contribution < 1.29 is 14.3 Å². The highest BCUT2D eigenvalue weighted by atomic mass is 127. The number of para-hydroxylation sites is 1. The zero-order chi connectivity index (χ0) is 19.0. The predicted octanol–water partition coefficient (Wildman–Crippen LogP) is 3.57. The molecular formula is C20H30IN3O3. The van der Waals surface area contributed by atoms with E-state index in [9.17, 15) is 5.11 Å². The first kappa shape index (κ1) is 23.3. The van der Waals surface area contributed by atoms with Gasteiger partial charge in [-0.2, -0.15) is 0 Å². The number of ether oxygens (including phenoxy) is 1. The molecule has 0 aliphatic heterocycles. The van der Waals surface area contributed by atoms with E-state index in [1.165, 1.54) is 0 Å². The Bertz CT molecular complexity index is 729. The second-order valence-electron chi connectivity index (χ2n) is 6.27. The third-order valence-electron chi connectivity index (χ3n) is 3.90. The van der Waals surface area contributed by atoms with Crippen molar-refractivity contribution in [2.75, 3.05) is 19.7 Å². The summed E-state index contributed by atoms with van der Waals surface area (Å²) in [6.45, 7) is 9.63. The van der Waals surface area contributed by atoms with Crippen LogP contribution in [0.4, 0.5) is 0 Å². The number of hydrogen-bond acceptors (Lipinski definition) is 4.